The average Bonchev–Trinajstić information content (AvgIpc) is 2.30. The van der Waals surface area contributed by atoms with E-state index in [0.29, 0.717) is 18.7 Å². The van der Waals surface area contributed by atoms with Crippen molar-refractivity contribution < 1.29 is 14.3 Å². The van der Waals surface area contributed by atoms with Crippen LogP contribution in [0.2, 0.25) is 0 Å². The van der Waals surface area contributed by atoms with E-state index >= 15 is 0 Å². The second-order valence-electron chi connectivity index (χ2n) is 3.96. The van der Waals surface area contributed by atoms with Gasteiger partial charge in [0.25, 0.3) is 5.91 Å². The molecule has 1 aromatic carbocycles. The van der Waals surface area contributed by atoms with E-state index in [9.17, 15) is 9.59 Å². The Hall–Kier alpha value is -1.88. The number of aryl methyl sites for hydroxylation is 1. The van der Waals surface area contributed by atoms with Crippen LogP contribution in [0.4, 0.5) is 5.69 Å². The molecule has 2 N–H and O–H groups in total. The summed E-state index contributed by atoms with van der Waals surface area (Å²) in [6.07, 6.45) is 0. The molecule has 0 spiro atoms. The smallest absolute Gasteiger partial charge is 0.253 e. The molecule has 1 aliphatic rings. The van der Waals surface area contributed by atoms with Crippen molar-refractivity contribution in [2.24, 2.45) is 5.73 Å². The molecule has 1 fully saturated rings. The van der Waals surface area contributed by atoms with E-state index in [-0.39, 0.29) is 12.5 Å². The third-order valence-electron chi connectivity index (χ3n) is 2.76. The summed E-state index contributed by atoms with van der Waals surface area (Å²) in [5.74, 6) is -0.529. The van der Waals surface area contributed by atoms with E-state index in [2.05, 4.69) is 0 Å². The number of morpholine rings is 1. The molecule has 1 saturated heterocycles. The van der Waals surface area contributed by atoms with Gasteiger partial charge in [-0.05, 0) is 30.7 Å². The number of hydrogen-bond acceptors (Lipinski definition) is 3. The molecule has 90 valence electrons. The molecule has 5 nitrogen and oxygen atoms in total. The third-order valence-corrected chi connectivity index (χ3v) is 2.76. The minimum atomic E-state index is -0.465. The zero-order valence-corrected chi connectivity index (χ0v) is 9.60. The molecule has 0 radical (unpaired) electrons. The molecule has 2 rings (SSSR count). The Kier molecular flexibility index (Phi) is 3.10. The standard InChI is InChI=1S/C12H14N2O3/c1-8-6-9(12(13)16)2-3-10(8)14-4-5-17-7-11(14)15/h2-3,6H,4-5,7H2,1H3,(H2,13,16). The van der Waals surface area contributed by atoms with E-state index in [1.54, 1.807) is 23.1 Å². The molecular formula is C12H14N2O3. The Balaban J connectivity index is 2.32. The number of primary amides is 1. The average molecular weight is 234 g/mol. The lowest BCUT2D eigenvalue weighted by Gasteiger charge is -2.28. The lowest BCUT2D eigenvalue weighted by Crippen LogP contribution is -2.42. The van der Waals surface area contributed by atoms with Crippen molar-refractivity contribution in [1.29, 1.82) is 0 Å². The molecule has 5 heteroatoms. The Labute approximate surface area is 99.2 Å². The highest BCUT2D eigenvalue weighted by Crippen LogP contribution is 2.22. The number of carbonyl (C=O) groups is 2. The van der Waals surface area contributed by atoms with Crippen molar-refractivity contribution in [2.75, 3.05) is 24.7 Å². The number of nitrogens with two attached hydrogens (primary N) is 1. The molecule has 0 aromatic heterocycles. The van der Waals surface area contributed by atoms with Gasteiger partial charge in [0.1, 0.15) is 6.61 Å². The SMILES string of the molecule is Cc1cc(C(N)=O)ccc1N1CCOCC1=O. The lowest BCUT2D eigenvalue weighted by atomic mass is 10.1. The van der Waals surface area contributed by atoms with Gasteiger partial charge in [-0.15, -0.1) is 0 Å². The minimum absolute atomic E-state index is 0.0637. The normalized spacial score (nSPS) is 16.1. The van der Waals surface area contributed by atoms with Crippen LogP contribution in [0.1, 0.15) is 15.9 Å². The Morgan fingerprint density at radius 1 is 1.47 bits per heavy atom. The van der Waals surface area contributed by atoms with Crippen molar-refractivity contribution in [3.05, 3.63) is 29.3 Å². The van der Waals surface area contributed by atoms with Crippen molar-refractivity contribution in [1.82, 2.24) is 0 Å². The number of ether oxygens (including phenoxy) is 1. The first-order chi connectivity index (χ1) is 8.09. The van der Waals surface area contributed by atoms with Gasteiger partial charge in [0.2, 0.25) is 5.91 Å². The van der Waals surface area contributed by atoms with Gasteiger partial charge < -0.3 is 15.4 Å². The van der Waals surface area contributed by atoms with Crippen LogP contribution in [-0.2, 0) is 9.53 Å². The molecule has 1 aromatic rings. The van der Waals surface area contributed by atoms with Crippen LogP contribution < -0.4 is 10.6 Å². The summed E-state index contributed by atoms with van der Waals surface area (Å²) in [5.41, 5.74) is 7.32. The van der Waals surface area contributed by atoms with Gasteiger partial charge in [0.05, 0.1) is 6.61 Å². The molecule has 0 bridgehead atoms. The van der Waals surface area contributed by atoms with Crippen molar-refractivity contribution in [3.63, 3.8) is 0 Å². The highest BCUT2D eigenvalue weighted by atomic mass is 16.5. The molecule has 17 heavy (non-hydrogen) atoms. The van der Waals surface area contributed by atoms with Gasteiger partial charge in [-0.3, -0.25) is 9.59 Å². The molecular weight excluding hydrogens is 220 g/mol. The number of benzene rings is 1. The summed E-state index contributed by atoms with van der Waals surface area (Å²) in [4.78, 5) is 24.4. The van der Waals surface area contributed by atoms with E-state index in [1.165, 1.54) is 0 Å². The molecule has 0 aliphatic carbocycles. The number of amides is 2. The largest absolute Gasteiger partial charge is 0.370 e. The fourth-order valence-corrected chi connectivity index (χ4v) is 1.88. The zero-order chi connectivity index (χ0) is 12.4. The van der Waals surface area contributed by atoms with Crippen molar-refractivity contribution >= 4 is 17.5 Å². The van der Waals surface area contributed by atoms with Crippen LogP contribution in [0.25, 0.3) is 0 Å². The predicted octanol–water partition coefficient (Wildman–Crippen LogP) is 0.457. The highest BCUT2D eigenvalue weighted by molar-refractivity contribution is 5.97. The van der Waals surface area contributed by atoms with Gasteiger partial charge in [0.15, 0.2) is 0 Å². The first kappa shape index (κ1) is 11.6. The van der Waals surface area contributed by atoms with Gasteiger partial charge in [0, 0.05) is 17.8 Å². The topological polar surface area (TPSA) is 72.6 Å². The van der Waals surface area contributed by atoms with E-state index < -0.39 is 5.91 Å². The van der Waals surface area contributed by atoms with Crippen LogP contribution in [0.3, 0.4) is 0 Å². The number of hydrogen-bond donors (Lipinski definition) is 1. The highest BCUT2D eigenvalue weighted by Gasteiger charge is 2.21. The van der Waals surface area contributed by atoms with Crippen LogP contribution in [0.5, 0.6) is 0 Å². The third kappa shape index (κ3) is 2.29. The van der Waals surface area contributed by atoms with Crippen LogP contribution >= 0.6 is 0 Å². The number of nitrogens with zero attached hydrogens (tertiary/aromatic N) is 1. The molecule has 0 saturated carbocycles. The van der Waals surface area contributed by atoms with Gasteiger partial charge in [-0.2, -0.15) is 0 Å². The maximum absolute atomic E-state index is 11.7. The second kappa shape index (κ2) is 4.55. The number of anilines is 1. The summed E-state index contributed by atoms with van der Waals surface area (Å²) < 4.78 is 5.07. The second-order valence-corrected chi connectivity index (χ2v) is 3.96. The van der Waals surface area contributed by atoms with Crippen molar-refractivity contribution in [2.45, 2.75) is 6.92 Å². The Morgan fingerprint density at radius 2 is 2.24 bits per heavy atom. The lowest BCUT2D eigenvalue weighted by molar-refractivity contribution is -0.125. The number of carbonyl (C=O) groups excluding carboxylic acids is 2. The summed E-state index contributed by atoms with van der Waals surface area (Å²) in [6, 6.07) is 5.08. The van der Waals surface area contributed by atoms with E-state index in [1.807, 2.05) is 6.92 Å². The fraction of sp³-hybridized carbons (Fsp3) is 0.333. The summed E-state index contributed by atoms with van der Waals surface area (Å²) in [6.45, 7) is 3.03. The van der Waals surface area contributed by atoms with Gasteiger partial charge >= 0.3 is 0 Å². The number of rotatable bonds is 2. The van der Waals surface area contributed by atoms with Crippen LogP contribution in [-0.4, -0.2) is 31.6 Å². The fourth-order valence-electron chi connectivity index (χ4n) is 1.88. The predicted molar refractivity (Wildman–Crippen MR) is 62.9 cm³/mol. The Bertz CT molecular complexity index is 471. The molecule has 1 aliphatic heterocycles. The van der Waals surface area contributed by atoms with E-state index in [0.717, 1.165) is 11.3 Å². The van der Waals surface area contributed by atoms with Crippen LogP contribution in [0.15, 0.2) is 18.2 Å². The Morgan fingerprint density at radius 3 is 2.82 bits per heavy atom. The molecule has 1 heterocycles. The monoisotopic (exact) mass is 234 g/mol. The van der Waals surface area contributed by atoms with Crippen molar-refractivity contribution in [3.8, 4) is 0 Å². The molecule has 2 amide bonds. The van der Waals surface area contributed by atoms with Gasteiger partial charge in [-0.25, -0.2) is 0 Å². The first-order valence-electron chi connectivity index (χ1n) is 5.38. The molecule has 0 atom stereocenters. The quantitative estimate of drug-likeness (QED) is 0.807. The first-order valence-corrected chi connectivity index (χ1v) is 5.38. The van der Waals surface area contributed by atoms with E-state index in [4.69, 9.17) is 10.5 Å². The summed E-state index contributed by atoms with van der Waals surface area (Å²) in [5, 5.41) is 0. The molecule has 0 unspecified atom stereocenters. The summed E-state index contributed by atoms with van der Waals surface area (Å²) >= 11 is 0. The van der Waals surface area contributed by atoms with Crippen LogP contribution in [0, 0.1) is 6.92 Å². The zero-order valence-electron chi connectivity index (χ0n) is 9.60. The maximum atomic E-state index is 11.7. The summed E-state index contributed by atoms with van der Waals surface area (Å²) in [7, 11) is 0. The minimum Gasteiger partial charge on any atom is -0.370 e. The maximum Gasteiger partial charge on any atom is 0.253 e. The van der Waals surface area contributed by atoms with Gasteiger partial charge in [-0.1, -0.05) is 0 Å².